The van der Waals surface area contributed by atoms with Gasteiger partial charge in [0.2, 0.25) is 5.91 Å². The molecule has 4 rings (SSSR count). The van der Waals surface area contributed by atoms with Gasteiger partial charge in [-0.15, -0.1) is 11.3 Å². The first-order valence-corrected chi connectivity index (χ1v) is 13.8. The molecule has 1 saturated heterocycles. The lowest BCUT2D eigenvalue weighted by molar-refractivity contribution is -0.139. The molecule has 1 atom stereocenters. The van der Waals surface area contributed by atoms with E-state index in [0.29, 0.717) is 36.3 Å². The molecule has 0 unspecified atom stereocenters. The first-order chi connectivity index (χ1) is 17.3. The molecule has 13 heteroatoms. The van der Waals surface area contributed by atoms with Gasteiger partial charge in [-0.1, -0.05) is 29.8 Å². The van der Waals surface area contributed by atoms with Gasteiger partial charge >= 0.3 is 6.18 Å². The average molecular weight is 574 g/mol. The Bertz CT molecular complexity index is 1430. The van der Waals surface area contributed by atoms with Crippen LogP contribution in [0.25, 0.3) is 11.1 Å². The Morgan fingerprint density at radius 1 is 1.16 bits per heavy atom. The van der Waals surface area contributed by atoms with Crippen LogP contribution >= 0.6 is 22.9 Å². The molecule has 2 heterocycles. The quantitative estimate of drug-likeness (QED) is 0.366. The molecule has 2 N–H and O–H groups in total. The van der Waals surface area contributed by atoms with Crippen molar-refractivity contribution in [3.8, 4) is 16.9 Å². The monoisotopic (exact) mass is 573 g/mol. The lowest BCUT2D eigenvalue weighted by Gasteiger charge is -2.19. The van der Waals surface area contributed by atoms with Gasteiger partial charge in [0.15, 0.2) is 0 Å². The number of para-hydroxylation sites is 1. The predicted octanol–water partition coefficient (Wildman–Crippen LogP) is 5.93. The van der Waals surface area contributed by atoms with Gasteiger partial charge in [-0.2, -0.15) is 13.2 Å². The number of alkyl halides is 3. The number of carbonyl (C=O) groups is 1. The van der Waals surface area contributed by atoms with Crippen molar-refractivity contribution >= 4 is 50.2 Å². The number of hydrogen-bond donors (Lipinski definition) is 2. The molecule has 0 bridgehead atoms. The number of anilines is 2. The highest BCUT2D eigenvalue weighted by molar-refractivity contribution is 7.94. The summed E-state index contributed by atoms with van der Waals surface area (Å²) in [5.74, 6) is -0.750. The number of likely N-dealkylation sites (N-methyl/N-ethyl adjacent to an activating group) is 1. The average Bonchev–Trinajstić information content (AvgIpc) is 3.38. The molecule has 1 amide bonds. The smallest absolute Gasteiger partial charge is 0.419 e. The van der Waals surface area contributed by atoms with E-state index >= 15 is 0 Å². The molecule has 1 aliphatic heterocycles. The van der Waals surface area contributed by atoms with Crippen molar-refractivity contribution in [3.05, 3.63) is 58.4 Å². The van der Waals surface area contributed by atoms with Crippen LogP contribution in [0.15, 0.2) is 52.7 Å². The lowest BCUT2D eigenvalue weighted by Crippen LogP contribution is -2.23. The van der Waals surface area contributed by atoms with E-state index in [2.05, 4.69) is 10.0 Å². The van der Waals surface area contributed by atoms with Crippen LogP contribution in [-0.4, -0.2) is 45.5 Å². The van der Waals surface area contributed by atoms with Crippen molar-refractivity contribution in [2.45, 2.75) is 29.8 Å². The fraction of sp³-hybridized carbons (Fsp3) is 0.292. The Balaban J connectivity index is 1.64. The van der Waals surface area contributed by atoms with Gasteiger partial charge in [0.05, 0.1) is 11.3 Å². The Labute approximate surface area is 221 Å². The highest BCUT2D eigenvalue weighted by Gasteiger charge is 2.36. The van der Waals surface area contributed by atoms with Crippen LogP contribution in [0.3, 0.4) is 0 Å². The summed E-state index contributed by atoms with van der Waals surface area (Å²) in [6.45, 7) is 2.49. The van der Waals surface area contributed by atoms with Gasteiger partial charge in [-0.05, 0) is 37.7 Å². The van der Waals surface area contributed by atoms with Gasteiger partial charge in [0.1, 0.15) is 20.4 Å². The van der Waals surface area contributed by atoms with Gasteiger partial charge in [-0.25, -0.2) is 8.42 Å². The number of carbonyl (C=O) groups excluding carboxylic acids is 1. The molecule has 1 aliphatic rings. The summed E-state index contributed by atoms with van der Waals surface area (Å²) < 4.78 is 75.0. The Morgan fingerprint density at radius 3 is 2.54 bits per heavy atom. The summed E-state index contributed by atoms with van der Waals surface area (Å²) in [7, 11) is -2.37. The molecule has 2 aromatic carbocycles. The third-order valence-electron chi connectivity index (χ3n) is 5.64. The third-order valence-corrected chi connectivity index (χ3v) is 8.85. The molecule has 0 spiro atoms. The highest BCUT2D eigenvalue weighted by Crippen LogP contribution is 2.42. The Kier molecular flexibility index (Phi) is 7.75. The van der Waals surface area contributed by atoms with E-state index in [9.17, 15) is 26.4 Å². The number of likely N-dealkylation sites (tertiary alicyclic amines) is 1. The zero-order valence-corrected chi connectivity index (χ0v) is 22.1. The summed E-state index contributed by atoms with van der Waals surface area (Å²) in [6, 6.07) is 11.0. The van der Waals surface area contributed by atoms with Crippen LogP contribution in [0.2, 0.25) is 4.34 Å². The van der Waals surface area contributed by atoms with E-state index < -0.39 is 33.6 Å². The maximum Gasteiger partial charge on any atom is 0.419 e. The van der Waals surface area contributed by atoms with E-state index in [0.717, 1.165) is 29.5 Å². The number of ether oxygens (including phenoxy) is 1. The van der Waals surface area contributed by atoms with Gasteiger partial charge in [0, 0.05) is 42.9 Å². The van der Waals surface area contributed by atoms with Crippen LogP contribution in [0, 0.1) is 0 Å². The molecule has 0 saturated carbocycles. The van der Waals surface area contributed by atoms with Crippen molar-refractivity contribution in [2.24, 2.45) is 0 Å². The second kappa shape index (κ2) is 10.5. The molecule has 0 radical (unpaired) electrons. The number of nitrogens with one attached hydrogen (secondary N) is 2. The van der Waals surface area contributed by atoms with Crippen molar-refractivity contribution < 1.29 is 31.1 Å². The Morgan fingerprint density at radius 2 is 1.89 bits per heavy atom. The van der Waals surface area contributed by atoms with E-state index in [1.54, 1.807) is 24.3 Å². The second-order valence-electron chi connectivity index (χ2n) is 8.58. The minimum atomic E-state index is -4.67. The normalized spacial score (nSPS) is 16.5. The molecule has 7 nitrogen and oxygen atoms in total. The van der Waals surface area contributed by atoms with Crippen LogP contribution < -0.4 is 14.8 Å². The minimum absolute atomic E-state index is 0.0842. The molecular weight excluding hydrogens is 551 g/mol. The Hall–Kier alpha value is -2.80. The van der Waals surface area contributed by atoms with Gasteiger partial charge in [0.25, 0.3) is 10.0 Å². The number of thiophene rings is 1. The van der Waals surface area contributed by atoms with Crippen molar-refractivity contribution in [3.63, 3.8) is 0 Å². The number of rotatable bonds is 7. The predicted molar refractivity (Wildman–Crippen MR) is 138 cm³/mol. The summed E-state index contributed by atoms with van der Waals surface area (Å²) >= 11 is 7.15. The lowest BCUT2D eigenvalue weighted by atomic mass is 10.1. The van der Waals surface area contributed by atoms with Crippen molar-refractivity contribution in [1.29, 1.82) is 0 Å². The number of hydrogen-bond acceptors (Lipinski definition) is 6. The van der Waals surface area contributed by atoms with E-state index in [4.69, 9.17) is 16.3 Å². The zero-order chi connectivity index (χ0) is 27.0. The minimum Gasteiger partial charge on any atom is -0.488 e. The first kappa shape index (κ1) is 27.2. The number of nitrogens with zero attached hydrogens (tertiary/aromatic N) is 1. The molecule has 0 aliphatic carbocycles. The molecular formula is C24H23ClF3N3O4S2. The van der Waals surface area contributed by atoms with Crippen molar-refractivity contribution in [1.82, 2.24) is 4.90 Å². The molecule has 3 aromatic rings. The summed E-state index contributed by atoms with van der Waals surface area (Å²) in [5.41, 5.74) is 0.291. The largest absolute Gasteiger partial charge is 0.488 e. The highest BCUT2D eigenvalue weighted by atomic mass is 35.5. The summed E-state index contributed by atoms with van der Waals surface area (Å²) in [4.78, 5) is 13.5. The summed E-state index contributed by atoms with van der Waals surface area (Å²) in [5, 5.41) is 2.68. The van der Waals surface area contributed by atoms with Crippen LogP contribution in [0.4, 0.5) is 24.5 Å². The van der Waals surface area contributed by atoms with E-state index in [1.165, 1.54) is 13.0 Å². The fourth-order valence-corrected chi connectivity index (χ4v) is 6.77. The SMILES string of the molecule is CC(=O)Nc1ccccc1-c1cc(S(=O)(=O)Nc2ccc(C(F)(F)F)c(O[C@@H]3CCN(C)C3)c2)sc1Cl. The van der Waals surface area contributed by atoms with Crippen molar-refractivity contribution in [2.75, 3.05) is 30.2 Å². The maximum absolute atomic E-state index is 13.6. The second-order valence-corrected chi connectivity index (χ2v) is 12.1. The van der Waals surface area contributed by atoms with Crippen LogP contribution in [0.1, 0.15) is 18.9 Å². The molecule has 1 fully saturated rings. The number of benzene rings is 2. The van der Waals surface area contributed by atoms with Crippen LogP contribution in [0.5, 0.6) is 5.75 Å². The summed E-state index contributed by atoms with van der Waals surface area (Å²) in [6.07, 6.45) is -4.56. The van der Waals surface area contributed by atoms with Gasteiger partial charge < -0.3 is 15.0 Å². The van der Waals surface area contributed by atoms with Gasteiger partial charge in [-0.3, -0.25) is 9.52 Å². The fourth-order valence-electron chi connectivity index (χ4n) is 3.97. The molecule has 198 valence electrons. The number of halogens is 4. The molecule has 37 heavy (non-hydrogen) atoms. The maximum atomic E-state index is 13.6. The number of amides is 1. The van der Waals surface area contributed by atoms with E-state index in [1.807, 2.05) is 11.9 Å². The molecule has 1 aromatic heterocycles. The van der Waals surface area contributed by atoms with Crippen LogP contribution in [-0.2, 0) is 21.0 Å². The first-order valence-electron chi connectivity index (χ1n) is 11.1. The standard InChI is InChI=1S/C24H23ClF3N3O4S2/c1-14(32)29-20-6-4-3-5-17(20)18-12-22(36-23(18)25)37(33,34)30-15-7-8-19(24(26,27)28)21(11-15)35-16-9-10-31(2)13-16/h3-8,11-12,16,30H,9-10,13H2,1-2H3,(H,29,32)/t16-/m1/s1. The third kappa shape index (κ3) is 6.38. The van der Waals surface area contributed by atoms with E-state index in [-0.39, 0.29) is 20.1 Å². The number of sulfonamides is 1. The zero-order valence-electron chi connectivity index (χ0n) is 19.7. The topological polar surface area (TPSA) is 87.7 Å².